The molecule has 0 spiro atoms. The van der Waals surface area contributed by atoms with Gasteiger partial charge in [0, 0.05) is 12.7 Å². The van der Waals surface area contributed by atoms with E-state index in [-0.39, 0.29) is 0 Å². The summed E-state index contributed by atoms with van der Waals surface area (Å²) in [6.07, 6.45) is 1.68. The summed E-state index contributed by atoms with van der Waals surface area (Å²) in [6.45, 7) is 0.822. The average molecular weight is 189 g/mol. The SMILES string of the molecule is [c]1cnc(NCc2ccccc2)s1. The molecule has 0 fully saturated rings. The van der Waals surface area contributed by atoms with E-state index in [0.717, 1.165) is 11.7 Å². The maximum Gasteiger partial charge on any atom is 0.183 e. The summed E-state index contributed by atoms with van der Waals surface area (Å²) >= 11 is 1.49. The normalized spacial score (nSPS) is 9.85. The van der Waals surface area contributed by atoms with Gasteiger partial charge in [0.05, 0.1) is 5.38 Å². The number of nitrogens with zero attached hydrogens (tertiary/aromatic N) is 1. The van der Waals surface area contributed by atoms with E-state index in [1.54, 1.807) is 6.20 Å². The van der Waals surface area contributed by atoms with Crippen molar-refractivity contribution in [1.82, 2.24) is 4.98 Å². The maximum atomic E-state index is 4.08. The summed E-state index contributed by atoms with van der Waals surface area (Å²) < 4.78 is 0. The first-order chi connectivity index (χ1) is 6.45. The summed E-state index contributed by atoms with van der Waals surface area (Å²) in [5, 5.41) is 7.07. The minimum Gasteiger partial charge on any atom is -0.357 e. The van der Waals surface area contributed by atoms with E-state index in [9.17, 15) is 0 Å². The summed E-state index contributed by atoms with van der Waals surface area (Å²) in [4.78, 5) is 4.08. The molecule has 0 atom stereocenters. The first-order valence-electron chi connectivity index (χ1n) is 4.05. The second-order valence-corrected chi connectivity index (χ2v) is 3.45. The highest BCUT2D eigenvalue weighted by atomic mass is 32.1. The Morgan fingerprint density at radius 1 is 1.31 bits per heavy atom. The van der Waals surface area contributed by atoms with Crippen LogP contribution in [-0.4, -0.2) is 4.98 Å². The van der Waals surface area contributed by atoms with Gasteiger partial charge in [0.1, 0.15) is 0 Å². The molecule has 0 bridgehead atoms. The molecule has 0 unspecified atom stereocenters. The minimum atomic E-state index is 0.822. The molecule has 1 radical (unpaired) electrons. The second-order valence-electron chi connectivity index (χ2n) is 2.62. The van der Waals surface area contributed by atoms with Gasteiger partial charge in [-0.2, -0.15) is 0 Å². The largest absolute Gasteiger partial charge is 0.357 e. The smallest absolute Gasteiger partial charge is 0.183 e. The molecule has 1 aromatic carbocycles. The van der Waals surface area contributed by atoms with Crippen LogP contribution in [0, 0.1) is 5.38 Å². The zero-order valence-corrected chi connectivity index (χ0v) is 7.84. The number of benzene rings is 1. The van der Waals surface area contributed by atoms with Gasteiger partial charge in [-0.1, -0.05) is 41.7 Å². The highest BCUT2D eigenvalue weighted by Crippen LogP contribution is 2.11. The Hall–Kier alpha value is -1.35. The van der Waals surface area contributed by atoms with E-state index in [4.69, 9.17) is 0 Å². The molecule has 0 aliphatic carbocycles. The third kappa shape index (κ3) is 2.29. The zero-order valence-electron chi connectivity index (χ0n) is 7.03. The standard InChI is InChI=1S/C10H9N2S/c1-2-4-9(5-3-1)8-12-10-11-6-7-13-10/h1-6H,8H2,(H,11,12). The Labute approximate surface area is 81.3 Å². The van der Waals surface area contributed by atoms with Crippen molar-refractivity contribution in [3.8, 4) is 0 Å². The Morgan fingerprint density at radius 2 is 2.15 bits per heavy atom. The van der Waals surface area contributed by atoms with Crippen molar-refractivity contribution >= 4 is 16.5 Å². The fraction of sp³-hybridized carbons (Fsp3) is 0.100. The van der Waals surface area contributed by atoms with E-state index in [1.165, 1.54) is 16.9 Å². The Bertz CT molecular complexity index is 342. The van der Waals surface area contributed by atoms with Crippen LogP contribution in [0.1, 0.15) is 5.56 Å². The van der Waals surface area contributed by atoms with Crippen LogP contribution in [0.15, 0.2) is 36.5 Å². The number of hydrogen-bond acceptors (Lipinski definition) is 3. The van der Waals surface area contributed by atoms with Crippen molar-refractivity contribution in [2.24, 2.45) is 0 Å². The van der Waals surface area contributed by atoms with Crippen LogP contribution in [0.25, 0.3) is 0 Å². The van der Waals surface area contributed by atoms with Gasteiger partial charge in [-0.05, 0) is 5.56 Å². The lowest BCUT2D eigenvalue weighted by molar-refractivity contribution is 1.13. The topological polar surface area (TPSA) is 24.9 Å². The van der Waals surface area contributed by atoms with Crippen LogP contribution >= 0.6 is 11.3 Å². The predicted octanol–water partition coefficient (Wildman–Crippen LogP) is 2.56. The van der Waals surface area contributed by atoms with E-state index in [2.05, 4.69) is 27.8 Å². The molecule has 2 nitrogen and oxygen atoms in total. The first kappa shape index (κ1) is 8.26. The lowest BCUT2D eigenvalue weighted by Crippen LogP contribution is -1.97. The van der Waals surface area contributed by atoms with Crippen molar-refractivity contribution < 1.29 is 0 Å². The van der Waals surface area contributed by atoms with Crippen LogP contribution in [0.3, 0.4) is 0 Å². The maximum absolute atomic E-state index is 4.08. The minimum absolute atomic E-state index is 0.822. The molecule has 13 heavy (non-hydrogen) atoms. The van der Waals surface area contributed by atoms with Crippen molar-refractivity contribution in [2.75, 3.05) is 5.32 Å². The monoisotopic (exact) mass is 189 g/mol. The van der Waals surface area contributed by atoms with Gasteiger partial charge in [-0.3, -0.25) is 0 Å². The Morgan fingerprint density at radius 3 is 2.85 bits per heavy atom. The lowest BCUT2D eigenvalue weighted by Gasteiger charge is -2.01. The molecule has 1 heterocycles. The van der Waals surface area contributed by atoms with Gasteiger partial charge in [0.15, 0.2) is 5.13 Å². The fourth-order valence-electron chi connectivity index (χ4n) is 1.05. The molecule has 3 heteroatoms. The summed E-state index contributed by atoms with van der Waals surface area (Å²) in [5.41, 5.74) is 1.26. The van der Waals surface area contributed by atoms with Crippen LogP contribution in [-0.2, 0) is 6.54 Å². The molecule has 65 valence electrons. The van der Waals surface area contributed by atoms with Crippen molar-refractivity contribution in [3.05, 3.63) is 47.5 Å². The van der Waals surface area contributed by atoms with Crippen LogP contribution < -0.4 is 5.32 Å². The molecular formula is C10H9N2S. The molecule has 0 aliphatic heterocycles. The molecule has 0 saturated carbocycles. The molecule has 0 aliphatic rings. The predicted molar refractivity (Wildman–Crippen MR) is 54.7 cm³/mol. The highest BCUT2D eigenvalue weighted by Gasteiger charge is 1.93. The third-order valence-corrected chi connectivity index (χ3v) is 2.34. The quantitative estimate of drug-likeness (QED) is 0.802. The molecule has 2 rings (SSSR count). The fourth-order valence-corrected chi connectivity index (χ4v) is 1.52. The number of rotatable bonds is 3. The zero-order chi connectivity index (χ0) is 8.93. The first-order valence-corrected chi connectivity index (χ1v) is 4.86. The Balaban J connectivity index is 1.94. The molecule has 1 aromatic heterocycles. The van der Waals surface area contributed by atoms with Crippen molar-refractivity contribution in [2.45, 2.75) is 6.54 Å². The molecule has 1 N–H and O–H groups in total. The summed E-state index contributed by atoms with van der Waals surface area (Å²) in [5.74, 6) is 0. The van der Waals surface area contributed by atoms with Gasteiger partial charge in [0.2, 0.25) is 0 Å². The number of hydrogen-bond donors (Lipinski definition) is 1. The number of aromatic nitrogens is 1. The average Bonchev–Trinajstić information content (AvgIpc) is 2.69. The van der Waals surface area contributed by atoms with Crippen LogP contribution in [0.4, 0.5) is 5.13 Å². The highest BCUT2D eigenvalue weighted by molar-refractivity contribution is 7.13. The molecular weight excluding hydrogens is 180 g/mol. The lowest BCUT2D eigenvalue weighted by atomic mass is 10.2. The number of nitrogens with one attached hydrogen (secondary N) is 1. The molecule has 0 saturated heterocycles. The van der Waals surface area contributed by atoms with E-state index in [1.807, 2.05) is 18.2 Å². The van der Waals surface area contributed by atoms with E-state index in [0.29, 0.717) is 0 Å². The number of anilines is 1. The van der Waals surface area contributed by atoms with Gasteiger partial charge in [-0.15, -0.1) is 0 Å². The van der Waals surface area contributed by atoms with E-state index < -0.39 is 0 Å². The van der Waals surface area contributed by atoms with Gasteiger partial charge in [0.25, 0.3) is 0 Å². The second kappa shape index (κ2) is 4.05. The summed E-state index contributed by atoms with van der Waals surface area (Å²) in [6, 6.07) is 10.3. The van der Waals surface area contributed by atoms with Gasteiger partial charge in [-0.25, -0.2) is 4.98 Å². The van der Waals surface area contributed by atoms with E-state index >= 15 is 0 Å². The molecule has 0 amide bonds. The van der Waals surface area contributed by atoms with Gasteiger partial charge >= 0.3 is 0 Å². The van der Waals surface area contributed by atoms with Crippen LogP contribution in [0.2, 0.25) is 0 Å². The van der Waals surface area contributed by atoms with Crippen LogP contribution in [0.5, 0.6) is 0 Å². The number of thiazole rings is 1. The molecule has 2 aromatic rings. The van der Waals surface area contributed by atoms with Crippen molar-refractivity contribution in [1.29, 1.82) is 0 Å². The van der Waals surface area contributed by atoms with Gasteiger partial charge < -0.3 is 5.32 Å². The third-order valence-electron chi connectivity index (χ3n) is 1.68. The van der Waals surface area contributed by atoms with Crippen molar-refractivity contribution in [3.63, 3.8) is 0 Å². The summed E-state index contributed by atoms with van der Waals surface area (Å²) in [7, 11) is 0. The Kier molecular flexibility index (Phi) is 2.57.